The third kappa shape index (κ3) is 2.46. The quantitative estimate of drug-likeness (QED) is 0.857. The van der Waals surface area contributed by atoms with Gasteiger partial charge in [-0.2, -0.15) is 4.98 Å². The number of aromatic amines is 1. The third-order valence-electron chi connectivity index (χ3n) is 3.72. The van der Waals surface area contributed by atoms with Gasteiger partial charge < -0.3 is 15.2 Å². The lowest BCUT2D eigenvalue weighted by molar-refractivity contribution is 0.352. The van der Waals surface area contributed by atoms with E-state index in [0.29, 0.717) is 17.4 Å². The summed E-state index contributed by atoms with van der Waals surface area (Å²) in [5.74, 6) is 1.96. The highest BCUT2D eigenvalue weighted by Gasteiger charge is 2.24. The summed E-state index contributed by atoms with van der Waals surface area (Å²) in [4.78, 5) is 6.63. The average Bonchev–Trinajstić information content (AvgIpc) is 3.10. The van der Waals surface area contributed by atoms with Crippen LogP contribution in [0.15, 0.2) is 16.9 Å². The molecule has 7 nitrogen and oxygen atoms in total. The average molecular weight is 262 g/mol. The van der Waals surface area contributed by atoms with Gasteiger partial charge in [0.1, 0.15) is 6.26 Å². The first kappa shape index (κ1) is 12.2. The van der Waals surface area contributed by atoms with E-state index in [2.05, 4.69) is 32.2 Å². The first-order chi connectivity index (χ1) is 9.24. The summed E-state index contributed by atoms with van der Waals surface area (Å²) in [6, 6.07) is 2.02. The van der Waals surface area contributed by atoms with Gasteiger partial charge in [0.15, 0.2) is 11.5 Å². The first-order valence-electron chi connectivity index (χ1n) is 6.57. The van der Waals surface area contributed by atoms with Crippen molar-refractivity contribution in [3.63, 3.8) is 0 Å². The number of aromatic nitrogens is 4. The van der Waals surface area contributed by atoms with E-state index >= 15 is 0 Å². The SMILES string of the molecule is CC(N)C1CCN(c2n[nH]c(-c3ccon3)n2)CC1. The van der Waals surface area contributed by atoms with E-state index in [1.807, 2.05) is 0 Å². The molecule has 1 saturated heterocycles. The first-order valence-corrected chi connectivity index (χ1v) is 6.57. The molecule has 1 unspecified atom stereocenters. The fourth-order valence-corrected chi connectivity index (χ4v) is 2.47. The summed E-state index contributed by atoms with van der Waals surface area (Å²) in [6.07, 6.45) is 3.70. The highest BCUT2D eigenvalue weighted by Crippen LogP contribution is 2.23. The van der Waals surface area contributed by atoms with Crippen LogP contribution in [0.4, 0.5) is 5.95 Å². The zero-order chi connectivity index (χ0) is 13.2. The molecule has 0 aliphatic carbocycles. The Morgan fingerprint density at radius 1 is 1.47 bits per heavy atom. The maximum absolute atomic E-state index is 5.94. The minimum Gasteiger partial charge on any atom is -0.364 e. The largest absolute Gasteiger partial charge is 0.364 e. The molecule has 1 fully saturated rings. The summed E-state index contributed by atoms with van der Waals surface area (Å²) in [6.45, 7) is 3.97. The molecule has 2 aromatic heterocycles. The maximum Gasteiger partial charge on any atom is 0.245 e. The van der Waals surface area contributed by atoms with Gasteiger partial charge in [-0.1, -0.05) is 5.16 Å². The van der Waals surface area contributed by atoms with E-state index in [1.54, 1.807) is 6.07 Å². The number of nitrogens with one attached hydrogen (secondary N) is 1. The van der Waals surface area contributed by atoms with Crippen LogP contribution in [-0.2, 0) is 0 Å². The lowest BCUT2D eigenvalue weighted by atomic mass is 9.91. The molecular formula is C12H18N6O. The van der Waals surface area contributed by atoms with Gasteiger partial charge in [-0.3, -0.25) is 5.10 Å². The molecule has 19 heavy (non-hydrogen) atoms. The number of nitrogens with two attached hydrogens (primary N) is 1. The van der Waals surface area contributed by atoms with Gasteiger partial charge >= 0.3 is 0 Å². The fraction of sp³-hybridized carbons (Fsp3) is 0.583. The Kier molecular flexibility index (Phi) is 3.20. The van der Waals surface area contributed by atoms with E-state index < -0.39 is 0 Å². The van der Waals surface area contributed by atoms with Gasteiger partial charge in [-0.25, -0.2) is 0 Å². The number of anilines is 1. The topological polar surface area (TPSA) is 96.9 Å². The molecule has 102 valence electrons. The minimum absolute atomic E-state index is 0.264. The molecule has 7 heteroatoms. The smallest absolute Gasteiger partial charge is 0.245 e. The molecular weight excluding hydrogens is 244 g/mol. The molecule has 0 spiro atoms. The van der Waals surface area contributed by atoms with Crippen molar-refractivity contribution in [1.82, 2.24) is 20.3 Å². The van der Waals surface area contributed by atoms with Crippen molar-refractivity contribution in [1.29, 1.82) is 0 Å². The van der Waals surface area contributed by atoms with Crippen LogP contribution in [0.3, 0.4) is 0 Å². The molecule has 1 aliphatic heterocycles. The normalized spacial score (nSPS) is 18.7. The number of H-pyrrole nitrogens is 1. The van der Waals surface area contributed by atoms with Gasteiger partial charge in [-0.05, 0) is 25.7 Å². The number of rotatable bonds is 3. The van der Waals surface area contributed by atoms with Gasteiger partial charge in [0.25, 0.3) is 0 Å². The number of hydrogen-bond donors (Lipinski definition) is 2. The molecule has 0 bridgehead atoms. The number of piperidine rings is 1. The van der Waals surface area contributed by atoms with Crippen LogP contribution in [0.2, 0.25) is 0 Å². The van der Waals surface area contributed by atoms with E-state index in [1.165, 1.54) is 6.26 Å². The summed E-state index contributed by atoms with van der Waals surface area (Å²) in [5.41, 5.74) is 6.62. The Balaban J connectivity index is 1.68. The van der Waals surface area contributed by atoms with Crippen LogP contribution in [-0.4, -0.2) is 39.5 Å². The monoisotopic (exact) mass is 262 g/mol. The van der Waals surface area contributed by atoms with E-state index in [-0.39, 0.29) is 6.04 Å². The standard InChI is InChI=1S/C12H18N6O/c1-8(13)9-2-5-18(6-3-9)12-14-11(15-16-12)10-4-7-19-17-10/h4,7-9H,2-3,5-6,13H2,1H3,(H,14,15,16). The Morgan fingerprint density at radius 3 is 2.89 bits per heavy atom. The summed E-state index contributed by atoms with van der Waals surface area (Å²) < 4.78 is 4.80. The Bertz CT molecular complexity index is 512. The highest BCUT2D eigenvalue weighted by atomic mass is 16.5. The van der Waals surface area contributed by atoms with Crippen LogP contribution in [0.5, 0.6) is 0 Å². The van der Waals surface area contributed by atoms with Crippen LogP contribution < -0.4 is 10.6 Å². The zero-order valence-corrected chi connectivity index (χ0v) is 10.9. The Labute approximate surface area is 111 Å². The predicted octanol–water partition coefficient (Wildman–Crippen LogP) is 1.02. The van der Waals surface area contributed by atoms with Crippen molar-refractivity contribution < 1.29 is 4.52 Å². The predicted molar refractivity (Wildman–Crippen MR) is 70.5 cm³/mol. The van der Waals surface area contributed by atoms with E-state index in [0.717, 1.165) is 31.9 Å². The lowest BCUT2D eigenvalue weighted by Gasteiger charge is -2.32. The molecule has 0 aromatic carbocycles. The minimum atomic E-state index is 0.264. The summed E-state index contributed by atoms with van der Waals surface area (Å²) >= 11 is 0. The van der Waals surface area contributed by atoms with Crippen molar-refractivity contribution in [3.05, 3.63) is 12.3 Å². The van der Waals surface area contributed by atoms with E-state index in [9.17, 15) is 0 Å². The summed E-state index contributed by atoms with van der Waals surface area (Å²) in [5, 5.41) is 11.0. The third-order valence-corrected chi connectivity index (χ3v) is 3.72. The van der Waals surface area contributed by atoms with Crippen molar-refractivity contribution in [2.24, 2.45) is 11.7 Å². The summed E-state index contributed by atoms with van der Waals surface area (Å²) in [7, 11) is 0. The van der Waals surface area contributed by atoms with Crippen LogP contribution in [0, 0.1) is 5.92 Å². The van der Waals surface area contributed by atoms with Crippen molar-refractivity contribution >= 4 is 5.95 Å². The zero-order valence-electron chi connectivity index (χ0n) is 10.9. The second-order valence-electron chi connectivity index (χ2n) is 5.05. The van der Waals surface area contributed by atoms with Gasteiger partial charge in [0.05, 0.1) is 0 Å². The lowest BCUT2D eigenvalue weighted by Crippen LogP contribution is -2.40. The molecule has 2 aromatic rings. The van der Waals surface area contributed by atoms with Gasteiger partial charge in [0, 0.05) is 25.2 Å². The van der Waals surface area contributed by atoms with Gasteiger partial charge in [-0.15, -0.1) is 5.10 Å². The molecule has 1 aliphatic rings. The van der Waals surface area contributed by atoms with Crippen LogP contribution >= 0.6 is 0 Å². The number of nitrogens with zero attached hydrogens (tertiary/aromatic N) is 4. The second kappa shape index (κ2) is 5.00. The molecule has 3 heterocycles. The van der Waals surface area contributed by atoms with Gasteiger partial charge in [0.2, 0.25) is 5.95 Å². The van der Waals surface area contributed by atoms with E-state index in [4.69, 9.17) is 10.3 Å². The van der Waals surface area contributed by atoms with Crippen molar-refractivity contribution in [2.45, 2.75) is 25.8 Å². The number of hydrogen-bond acceptors (Lipinski definition) is 6. The Hall–Kier alpha value is -1.89. The Morgan fingerprint density at radius 2 is 2.26 bits per heavy atom. The molecule has 0 saturated carbocycles. The fourth-order valence-electron chi connectivity index (χ4n) is 2.47. The second-order valence-corrected chi connectivity index (χ2v) is 5.05. The molecule has 0 amide bonds. The van der Waals surface area contributed by atoms with Crippen LogP contribution in [0.25, 0.3) is 11.5 Å². The maximum atomic E-state index is 5.94. The molecule has 0 radical (unpaired) electrons. The highest BCUT2D eigenvalue weighted by molar-refractivity contribution is 5.49. The van der Waals surface area contributed by atoms with Crippen molar-refractivity contribution in [2.75, 3.05) is 18.0 Å². The molecule has 1 atom stereocenters. The molecule has 3 N–H and O–H groups in total. The molecule has 3 rings (SSSR count). The van der Waals surface area contributed by atoms with Crippen LogP contribution in [0.1, 0.15) is 19.8 Å². The van der Waals surface area contributed by atoms with Crippen molar-refractivity contribution in [3.8, 4) is 11.5 Å².